The molecule has 2 unspecified atom stereocenters. The Bertz CT molecular complexity index is 602. The molecule has 114 valence electrons. The van der Waals surface area contributed by atoms with Gasteiger partial charge in [0.05, 0.1) is 0 Å². The molecule has 0 radical (unpaired) electrons. The molecule has 2 atom stereocenters. The van der Waals surface area contributed by atoms with Crippen LogP contribution in [0.1, 0.15) is 13.8 Å². The van der Waals surface area contributed by atoms with Gasteiger partial charge in [0.2, 0.25) is 11.9 Å². The van der Waals surface area contributed by atoms with Gasteiger partial charge in [-0.2, -0.15) is 24.7 Å². The number of hydrogen-bond acceptors (Lipinski definition) is 8. The number of rotatable bonds is 7. The highest BCUT2D eigenvalue weighted by Gasteiger charge is 2.11. The van der Waals surface area contributed by atoms with E-state index in [0.717, 1.165) is 0 Å². The molecule has 2 rings (SSSR count). The van der Waals surface area contributed by atoms with Crippen LogP contribution in [0.4, 0.5) is 11.9 Å². The summed E-state index contributed by atoms with van der Waals surface area (Å²) in [6.07, 6.45) is 4.59. The predicted octanol–water partition coefficient (Wildman–Crippen LogP) is 0.0630. The summed E-state index contributed by atoms with van der Waals surface area (Å²) in [5, 5.41) is 10.1. The van der Waals surface area contributed by atoms with Gasteiger partial charge in [0.25, 0.3) is 5.95 Å². The Kier molecular flexibility index (Phi) is 5.14. The monoisotopic (exact) mass is 310 g/mol. The van der Waals surface area contributed by atoms with E-state index < -0.39 is 10.8 Å². The third-order valence-corrected chi connectivity index (χ3v) is 4.00. The minimum absolute atomic E-state index is 0.000769. The zero-order valence-corrected chi connectivity index (χ0v) is 13.0. The van der Waals surface area contributed by atoms with Crippen LogP contribution in [0, 0.1) is 0 Å². The van der Waals surface area contributed by atoms with Gasteiger partial charge in [0, 0.05) is 35.4 Å². The van der Waals surface area contributed by atoms with E-state index in [1.165, 1.54) is 17.3 Å². The molecule has 0 spiro atoms. The molecule has 0 saturated carbocycles. The van der Waals surface area contributed by atoms with Gasteiger partial charge in [-0.1, -0.05) is 0 Å². The molecule has 0 saturated heterocycles. The lowest BCUT2D eigenvalue weighted by Crippen LogP contribution is -2.22. The fraction of sp³-hybridized carbons (Fsp3) is 0.545. The van der Waals surface area contributed by atoms with E-state index in [2.05, 4.69) is 35.7 Å². The summed E-state index contributed by atoms with van der Waals surface area (Å²) in [5.74, 6) is 1.22. The van der Waals surface area contributed by atoms with E-state index in [4.69, 9.17) is 0 Å². The lowest BCUT2D eigenvalue weighted by molar-refractivity contribution is 0.678. The van der Waals surface area contributed by atoms with Gasteiger partial charge in [-0.15, -0.1) is 0 Å². The molecule has 21 heavy (non-hydrogen) atoms. The highest BCUT2D eigenvalue weighted by atomic mass is 32.2. The molecular weight excluding hydrogens is 292 g/mol. The van der Waals surface area contributed by atoms with Gasteiger partial charge in [0.15, 0.2) is 0 Å². The van der Waals surface area contributed by atoms with E-state index >= 15 is 0 Å². The van der Waals surface area contributed by atoms with Crippen molar-refractivity contribution in [2.24, 2.45) is 0 Å². The quantitative estimate of drug-likeness (QED) is 0.739. The molecular formula is C11H18N8OS. The van der Waals surface area contributed by atoms with Crippen molar-refractivity contribution in [2.75, 3.05) is 30.0 Å². The van der Waals surface area contributed by atoms with E-state index in [1.807, 2.05) is 13.8 Å². The van der Waals surface area contributed by atoms with Crippen LogP contribution >= 0.6 is 0 Å². The maximum atomic E-state index is 11.4. The third-order valence-electron chi connectivity index (χ3n) is 2.70. The first kappa shape index (κ1) is 15.3. The Morgan fingerprint density at radius 1 is 1.29 bits per heavy atom. The molecule has 9 nitrogen and oxygen atoms in total. The van der Waals surface area contributed by atoms with E-state index in [9.17, 15) is 4.21 Å². The molecule has 2 heterocycles. The normalized spacial score (nSPS) is 13.7. The van der Waals surface area contributed by atoms with Crippen LogP contribution in [0.5, 0.6) is 0 Å². The SMILES string of the molecule is CCNc1nc(NCC(C)S(C)=O)nc(-n2cncn2)n1. The Hall–Kier alpha value is -2.10. The topological polar surface area (TPSA) is 111 Å². The van der Waals surface area contributed by atoms with Crippen LogP contribution in [-0.4, -0.2) is 58.5 Å². The van der Waals surface area contributed by atoms with Crippen molar-refractivity contribution in [1.82, 2.24) is 29.7 Å². The fourth-order valence-corrected chi connectivity index (χ4v) is 1.77. The third kappa shape index (κ3) is 4.18. The van der Waals surface area contributed by atoms with Gasteiger partial charge < -0.3 is 10.6 Å². The van der Waals surface area contributed by atoms with E-state index in [-0.39, 0.29) is 5.25 Å². The highest BCUT2D eigenvalue weighted by molar-refractivity contribution is 7.84. The summed E-state index contributed by atoms with van der Waals surface area (Å²) < 4.78 is 12.8. The standard InChI is InChI=1S/C11H18N8OS/c1-4-13-9-16-10(14-5-8(2)21(3)20)18-11(17-9)19-7-12-6-15-19/h6-8H,4-5H2,1-3H3,(H2,13,14,16,17,18). The molecule has 2 aromatic heterocycles. The fourth-order valence-electron chi connectivity index (χ4n) is 1.45. The molecule has 0 bridgehead atoms. The first-order valence-electron chi connectivity index (χ1n) is 6.51. The number of nitrogens with one attached hydrogen (secondary N) is 2. The van der Waals surface area contributed by atoms with Crippen LogP contribution in [-0.2, 0) is 10.8 Å². The minimum atomic E-state index is -0.904. The average Bonchev–Trinajstić information content (AvgIpc) is 2.99. The maximum absolute atomic E-state index is 11.4. The van der Waals surface area contributed by atoms with E-state index in [1.54, 1.807) is 6.26 Å². The van der Waals surface area contributed by atoms with Crippen LogP contribution in [0.2, 0.25) is 0 Å². The number of nitrogens with zero attached hydrogens (tertiary/aromatic N) is 6. The van der Waals surface area contributed by atoms with Crippen LogP contribution in [0.3, 0.4) is 0 Å². The average molecular weight is 310 g/mol. The van der Waals surface area contributed by atoms with Crippen molar-refractivity contribution in [2.45, 2.75) is 19.1 Å². The van der Waals surface area contributed by atoms with Gasteiger partial charge in [-0.3, -0.25) is 4.21 Å². The molecule has 2 N–H and O–H groups in total. The Labute approximate surface area is 125 Å². The van der Waals surface area contributed by atoms with Gasteiger partial charge in [-0.25, -0.2) is 4.98 Å². The molecule has 0 aliphatic carbocycles. The second kappa shape index (κ2) is 7.07. The smallest absolute Gasteiger partial charge is 0.258 e. The Morgan fingerprint density at radius 2 is 2.00 bits per heavy atom. The summed E-state index contributed by atoms with van der Waals surface area (Å²) in [6.45, 7) is 5.05. The van der Waals surface area contributed by atoms with Crippen molar-refractivity contribution in [1.29, 1.82) is 0 Å². The first-order chi connectivity index (χ1) is 10.1. The van der Waals surface area contributed by atoms with Gasteiger partial charge in [0.1, 0.15) is 12.7 Å². The van der Waals surface area contributed by atoms with Crippen molar-refractivity contribution < 1.29 is 4.21 Å². The Morgan fingerprint density at radius 3 is 2.57 bits per heavy atom. The molecule has 0 amide bonds. The van der Waals surface area contributed by atoms with Crippen molar-refractivity contribution in [3.05, 3.63) is 12.7 Å². The summed E-state index contributed by atoms with van der Waals surface area (Å²) in [5.41, 5.74) is 0. The molecule has 0 fully saturated rings. The summed E-state index contributed by atoms with van der Waals surface area (Å²) >= 11 is 0. The van der Waals surface area contributed by atoms with Gasteiger partial charge in [-0.05, 0) is 13.8 Å². The van der Waals surface area contributed by atoms with E-state index in [0.29, 0.717) is 30.9 Å². The van der Waals surface area contributed by atoms with Crippen LogP contribution in [0.15, 0.2) is 12.7 Å². The first-order valence-corrected chi connectivity index (χ1v) is 8.13. The van der Waals surface area contributed by atoms with Crippen molar-refractivity contribution in [3.8, 4) is 5.95 Å². The second-order valence-corrected chi connectivity index (χ2v) is 6.15. The van der Waals surface area contributed by atoms with Crippen LogP contribution < -0.4 is 10.6 Å². The zero-order chi connectivity index (χ0) is 15.2. The zero-order valence-electron chi connectivity index (χ0n) is 12.1. The maximum Gasteiger partial charge on any atom is 0.258 e. The number of anilines is 2. The highest BCUT2D eigenvalue weighted by Crippen LogP contribution is 2.08. The lowest BCUT2D eigenvalue weighted by Gasteiger charge is -2.11. The lowest BCUT2D eigenvalue weighted by atomic mass is 10.5. The predicted molar refractivity (Wildman–Crippen MR) is 80.9 cm³/mol. The molecule has 0 aromatic carbocycles. The van der Waals surface area contributed by atoms with Crippen LogP contribution in [0.25, 0.3) is 5.95 Å². The minimum Gasteiger partial charge on any atom is -0.354 e. The van der Waals surface area contributed by atoms with Crippen molar-refractivity contribution >= 4 is 22.7 Å². The summed E-state index contributed by atoms with van der Waals surface area (Å²) in [4.78, 5) is 16.7. The number of hydrogen-bond donors (Lipinski definition) is 2. The Balaban J connectivity index is 2.21. The molecule has 2 aromatic rings. The van der Waals surface area contributed by atoms with Gasteiger partial charge >= 0.3 is 0 Å². The molecule has 0 aliphatic rings. The molecule has 10 heteroatoms. The largest absolute Gasteiger partial charge is 0.354 e. The summed E-state index contributed by atoms with van der Waals surface area (Å²) in [7, 11) is -0.904. The summed E-state index contributed by atoms with van der Waals surface area (Å²) in [6, 6.07) is 0. The number of aromatic nitrogens is 6. The second-order valence-electron chi connectivity index (χ2n) is 4.34. The molecule has 0 aliphatic heterocycles. The van der Waals surface area contributed by atoms with Crippen molar-refractivity contribution in [3.63, 3.8) is 0 Å².